The zero-order valence-corrected chi connectivity index (χ0v) is 17.2. The van der Waals surface area contributed by atoms with Crippen LogP contribution in [0, 0.1) is 0 Å². The largest absolute Gasteiger partial charge is 0.493 e. The molecule has 2 heterocycles. The number of rotatable bonds is 8. The van der Waals surface area contributed by atoms with E-state index in [1.165, 1.54) is 39.6 Å². The number of anilines is 1. The van der Waals surface area contributed by atoms with Gasteiger partial charge in [-0.15, -0.1) is 0 Å². The van der Waals surface area contributed by atoms with Crippen molar-refractivity contribution in [2.75, 3.05) is 19.5 Å². The maximum absolute atomic E-state index is 12.6. The van der Waals surface area contributed by atoms with Gasteiger partial charge in [-0.3, -0.25) is 9.78 Å². The highest BCUT2D eigenvalue weighted by Crippen LogP contribution is 2.30. The molecule has 0 aliphatic rings. The maximum atomic E-state index is 12.6. The molecule has 1 amide bonds. The summed E-state index contributed by atoms with van der Waals surface area (Å²) in [5.41, 5.74) is 0.546. The van der Waals surface area contributed by atoms with Crippen molar-refractivity contribution in [2.24, 2.45) is 0 Å². The van der Waals surface area contributed by atoms with Crippen LogP contribution >= 0.6 is 0 Å². The molecule has 0 saturated carbocycles. The number of hydrogen-bond donors (Lipinski definition) is 1. The van der Waals surface area contributed by atoms with Crippen molar-refractivity contribution in [3.05, 3.63) is 66.6 Å². The fourth-order valence-electron chi connectivity index (χ4n) is 2.58. The van der Waals surface area contributed by atoms with E-state index in [4.69, 9.17) is 18.9 Å². The van der Waals surface area contributed by atoms with Gasteiger partial charge in [-0.1, -0.05) is 0 Å². The van der Waals surface area contributed by atoms with Gasteiger partial charge in [-0.2, -0.15) is 0 Å². The Hall–Kier alpha value is -4.14. The summed E-state index contributed by atoms with van der Waals surface area (Å²) in [7, 11) is 3.01. The lowest BCUT2D eigenvalue weighted by Crippen LogP contribution is -2.30. The molecule has 31 heavy (non-hydrogen) atoms. The molecular formula is C22H21N3O6. The number of amides is 1. The summed E-state index contributed by atoms with van der Waals surface area (Å²) in [6.07, 6.45) is 3.49. The third-order valence-corrected chi connectivity index (χ3v) is 4.14. The monoisotopic (exact) mass is 423 g/mol. The first kappa shape index (κ1) is 21.6. The van der Waals surface area contributed by atoms with E-state index in [2.05, 4.69) is 15.3 Å². The van der Waals surface area contributed by atoms with Crippen molar-refractivity contribution in [1.29, 1.82) is 0 Å². The third kappa shape index (κ3) is 5.47. The normalized spacial score (nSPS) is 11.2. The second-order valence-electron chi connectivity index (χ2n) is 6.25. The Bertz CT molecular complexity index is 1060. The number of benzene rings is 1. The summed E-state index contributed by atoms with van der Waals surface area (Å²) in [4.78, 5) is 33.2. The Morgan fingerprint density at radius 2 is 1.77 bits per heavy atom. The number of esters is 1. The van der Waals surface area contributed by atoms with Crippen LogP contribution in [-0.4, -0.2) is 42.2 Å². The van der Waals surface area contributed by atoms with Crippen LogP contribution in [0.15, 0.2) is 61.1 Å². The number of methoxy groups -OCH3 is 2. The van der Waals surface area contributed by atoms with Gasteiger partial charge < -0.3 is 24.3 Å². The molecule has 1 unspecified atom stereocenters. The minimum atomic E-state index is -1.08. The predicted octanol–water partition coefficient (Wildman–Crippen LogP) is 3.47. The van der Waals surface area contributed by atoms with Crippen LogP contribution < -0.4 is 19.5 Å². The van der Waals surface area contributed by atoms with Gasteiger partial charge in [0.25, 0.3) is 5.91 Å². The highest BCUT2D eigenvalue weighted by Gasteiger charge is 2.23. The fourth-order valence-corrected chi connectivity index (χ4v) is 2.58. The Kier molecular flexibility index (Phi) is 7.00. The van der Waals surface area contributed by atoms with E-state index in [0.29, 0.717) is 22.9 Å². The van der Waals surface area contributed by atoms with Crippen molar-refractivity contribution in [3.63, 3.8) is 0 Å². The van der Waals surface area contributed by atoms with Crippen molar-refractivity contribution in [2.45, 2.75) is 13.0 Å². The number of carbonyl (C=O) groups is 2. The van der Waals surface area contributed by atoms with Gasteiger partial charge in [0.2, 0.25) is 5.88 Å². The van der Waals surface area contributed by atoms with Crippen LogP contribution in [0.1, 0.15) is 17.3 Å². The molecule has 0 aliphatic carbocycles. The van der Waals surface area contributed by atoms with Crippen LogP contribution in [0.5, 0.6) is 23.1 Å². The van der Waals surface area contributed by atoms with Gasteiger partial charge in [0.15, 0.2) is 17.6 Å². The molecule has 0 bridgehead atoms. The molecule has 0 spiro atoms. The number of nitrogens with zero attached hydrogens (tertiary/aromatic N) is 2. The average Bonchev–Trinajstić information content (AvgIpc) is 2.79. The van der Waals surface area contributed by atoms with E-state index < -0.39 is 18.0 Å². The Balaban J connectivity index is 1.67. The molecular weight excluding hydrogens is 402 g/mol. The Morgan fingerprint density at radius 3 is 2.48 bits per heavy atom. The van der Waals surface area contributed by atoms with Crippen molar-refractivity contribution in [1.82, 2.24) is 9.97 Å². The van der Waals surface area contributed by atoms with Crippen LogP contribution in [0.2, 0.25) is 0 Å². The molecule has 0 fully saturated rings. The van der Waals surface area contributed by atoms with Crippen LogP contribution in [0.3, 0.4) is 0 Å². The number of pyridine rings is 2. The molecule has 1 aromatic carbocycles. The standard InChI is InChI=1S/C22H21N3O6/c1-14(20(26)25-15-8-9-18(28-2)19(12-15)29-3)30-22(27)17-7-5-11-24-21(17)31-16-6-4-10-23-13-16/h4-14H,1-3H3,(H,25,26). The van der Waals surface area contributed by atoms with Crippen LogP contribution in [0.4, 0.5) is 5.69 Å². The minimum absolute atomic E-state index is 0.0491. The molecule has 1 atom stereocenters. The zero-order chi connectivity index (χ0) is 22.2. The van der Waals surface area contributed by atoms with Gasteiger partial charge in [0.1, 0.15) is 11.3 Å². The van der Waals surface area contributed by atoms with Gasteiger partial charge in [0.05, 0.1) is 20.4 Å². The number of carbonyl (C=O) groups excluding carboxylic acids is 2. The van der Waals surface area contributed by atoms with Crippen LogP contribution in [-0.2, 0) is 9.53 Å². The highest BCUT2D eigenvalue weighted by atomic mass is 16.6. The Labute approximate surface area is 179 Å². The third-order valence-electron chi connectivity index (χ3n) is 4.14. The first-order valence-electron chi connectivity index (χ1n) is 9.28. The molecule has 3 aromatic rings. The average molecular weight is 423 g/mol. The highest BCUT2D eigenvalue weighted by molar-refractivity contribution is 5.98. The predicted molar refractivity (Wildman–Crippen MR) is 112 cm³/mol. The minimum Gasteiger partial charge on any atom is -0.493 e. The second-order valence-corrected chi connectivity index (χ2v) is 6.25. The van der Waals surface area contributed by atoms with E-state index in [1.807, 2.05) is 0 Å². The Morgan fingerprint density at radius 1 is 1.00 bits per heavy atom. The quantitative estimate of drug-likeness (QED) is 0.549. The number of ether oxygens (including phenoxy) is 4. The van der Waals surface area contributed by atoms with Crippen molar-refractivity contribution in [3.8, 4) is 23.1 Å². The number of aromatic nitrogens is 2. The zero-order valence-electron chi connectivity index (χ0n) is 17.2. The smallest absolute Gasteiger partial charge is 0.344 e. The molecule has 160 valence electrons. The molecule has 0 radical (unpaired) electrons. The summed E-state index contributed by atoms with van der Waals surface area (Å²) in [5, 5.41) is 2.67. The van der Waals surface area contributed by atoms with Gasteiger partial charge in [0, 0.05) is 24.1 Å². The van der Waals surface area contributed by atoms with E-state index >= 15 is 0 Å². The van der Waals surface area contributed by atoms with E-state index in [-0.39, 0.29) is 11.4 Å². The lowest BCUT2D eigenvalue weighted by atomic mass is 10.2. The maximum Gasteiger partial charge on any atom is 0.344 e. The first-order chi connectivity index (χ1) is 15.0. The molecule has 9 nitrogen and oxygen atoms in total. The van der Waals surface area contributed by atoms with Gasteiger partial charge >= 0.3 is 5.97 Å². The van der Waals surface area contributed by atoms with E-state index in [0.717, 1.165) is 0 Å². The molecule has 1 N–H and O–H groups in total. The van der Waals surface area contributed by atoms with E-state index in [9.17, 15) is 9.59 Å². The van der Waals surface area contributed by atoms with Crippen molar-refractivity contribution < 1.29 is 28.5 Å². The van der Waals surface area contributed by atoms with Gasteiger partial charge in [-0.05, 0) is 43.3 Å². The van der Waals surface area contributed by atoms with E-state index in [1.54, 1.807) is 42.6 Å². The molecule has 2 aromatic heterocycles. The number of hydrogen-bond acceptors (Lipinski definition) is 8. The second kappa shape index (κ2) is 10.1. The van der Waals surface area contributed by atoms with Crippen molar-refractivity contribution >= 4 is 17.6 Å². The topological polar surface area (TPSA) is 109 Å². The lowest BCUT2D eigenvalue weighted by molar-refractivity contribution is -0.123. The fraction of sp³-hybridized carbons (Fsp3) is 0.182. The molecule has 0 aliphatic heterocycles. The summed E-state index contributed by atoms with van der Waals surface area (Å²) in [6.45, 7) is 1.46. The molecule has 3 rings (SSSR count). The summed E-state index contributed by atoms with van der Waals surface area (Å²) in [6, 6.07) is 11.3. The summed E-state index contributed by atoms with van der Waals surface area (Å²) >= 11 is 0. The molecule has 0 saturated heterocycles. The lowest BCUT2D eigenvalue weighted by Gasteiger charge is -2.15. The van der Waals surface area contributed by atoms with Gasteiger partial charge in [-0.25, -0.2) is 9.78 Å². The molecule has 9 heteroatoms. The van der Waals surface area contributed by atoms with Crippen LogP contribution in [0.25, 0.3) is 0 Å². The number of nitrogens with one attached hydrogen (secondary N) is 1. The summed E-state index contributed by atoms with van der Waals surface area (Å²) in [5.74, 6) is 0.179. The summed E-state index contributed by atoms with van der Waals surface area (Å²) < 4.78 is 21.3. The first-order valence-corrected chi connectivity index (χ1v) is 9.28. The SMILES string of the molecule is COc1ccc(NC(=O)C(C)OC(=O)c2cccnc2Oc2cccnc2)cc1OC.